The van der Waals surface area contributed by atoms with Crippen molar-refractivity contribution in [1.29, 1.82) is 0 Å². The predicted molar refractivity (Wildman–Crippen MR) is 77.0 cm³/mol. The van der Waals surface area contributed by atoms with Crippen LogP contribution in [0.1, 0.15) is 12.8 Å². The van der Waals surface area contributed by atoms with Crippen LogP contribution in [0.3, 0.4) is 0 Å². The zero-order chi connectivity index (χ0) is 14.8. The number of carbonyl (C=O) groups is 1. The molecule has 1 unspecified atom stereocenters. The summed E-state index contributed by atoms with van der Waals surface area (Å²) in [6.45, 7) is 0.859. The van der Waals surface area contributed by atoms with E-state index < -0.39 is 10.0 Å². The first-order valence-corrected chi connectivity index (χ1v) is 7.92. The Morgan fingerprint density at radius 1 is 1.30 bits per heavy atom. The summed E-state index contributed by atoms with van der Waals surface area (Å²) in [5.41, 5.74) is 0.599. The van der Waals surface area contributed by atoms with Crippen LogP contribution in [0.2, 0.25) is 0 Å². The summed E-state index contributed by atoms with van der Waals surface area (Å²) in [6.07, 6.45) is 1.83. The van der Waals surface area contributed by atoms with Gasteiger partial charge in [0.15, 0.2) is 0 Å². The van der Waals surface area contributed by atoms with E-state index in [1.54, 1.807) is 12.1 Å². The Balaban J connectivity index is 2.07. The first-order valence-electron chi connectivity index (χ1n) is 6.48. The molecule has 1 atom stereocenters. The predicted octanol–water partition coefficient (Wildman–Crippen LogP) is 0.627. The lowest BCUT2D eigenvalue weighted by Crippen LogP contribution is -2.35. The molecule has 1 aliphatic rings. The van der Waals surface area contributed by atoms with E-state index in [-0.39, 0.29) is 16.8 Å². The van der Waals surface area contributed by atoms with Crippen molar-refractivity contribution in [3.63, 3.8) is 0 Å². The quantitative estimate of drug-likeness (QED) is 0.854. The highest BCUT2D eigenvalue weighted by atomic mass is 32.2. The van der Waals surface area contributed by atoms with Crippen LogP contribution in [0, 0.1) is 0 Å². The van der Waals surface area contributed by atoms with Gasteiger partial charge in [-0.15, -0.1) is 0 Å². The molecule has 0 aromatic heterocycles. The van der Waals surface area contributed by atoms with Crippen molar-refractivity contribution in [3.8, 4) is 0 Å². The molecule has 2 N–H and O–H groups in total. The van der Waals surface area contributed by atoms with Crippen molar-refractivity contribution in [2.45, 2.75) is 23.8 Å². The SMILES string of the molecule is CN(C)S(=O)(=O)c1ccc(NC(=O)C2CCCN2)cc1. The lowest BCUT2D eigenvalue weighted by Gasteiger charge is -2.13. The van der Waals surface area contributed by atoms with Crippen LogP contribution in [0.15, 0.2) is 29.2 Å². The largest absolute Gasteiger partial charge is 0.325 e. The topological polar surface area (TPSA) is 78.5 Å². The lowest BCUT2D eigenvalue weighted by atomic mass is 10.2. The minimum absolute atomic E-state index is 0.0780. The van der Waals surface area contributed by atoms with Crippen LogP contribution in [0.25, 0.3) is 0 Å². The molecule has 20 heavy (non-hydrogen) atoms. The number of benzene rings is 1. The zero-order valence-corrected chi connectivity index (χ0v) is 12.4. The molecule has 1 aliphatic heterocycles. The summed E-state index contributed by atoms with van der Waals surface area (Å²) in [5.74, 6) is -0.0780. The summed E-state index contributed by atoms with van der Waals surface area (Å²) in [5, 5.41) is 5.89. The smallest absolute Gasteiger partial charge is 0.242 e. The number of hydrogen-bond acceptors (Lipinski definition) is 4. The van der Waals surface area contributed by atoms with E-state index >= 15 is 0 Å². The fraction of sp³-hybridized carbons (Fsp3) is 0.462. The molecule has 7 heteroatoms. The van der Waals surface area contributed by atoms with Crippen molar-refractivity contribution >= 4 is 21.6 Å². The summed E-state index contributed by atoms with van der Waals surface area (Å²) in [6, 6.07) is 6.03. The molecule has 0 saturated carbocycles. The molecule has 1 saturated heterocycles. The molecule has 1 aromatic rings. The van der Waals surface area contributed by atoms with Gasteiger partial charge in [0.05, 0.1) is 10.9 Å². The van der Waals surface area contributed by atoms with Gasteiger partial charge < -0.3 is 10.6 Å². The van der Waals surface area contributed by atoms with E-state index in [1.165, 1.54) is 26.2 Å². The lowest BCUT2D eigenvalue weighted by molar-refractivity contribution is -0.117. The summed E-state index contributed by atoms with van der Waals surface area (Å²) < 4.78 is 25.0. The Morgan fingerprint density at radius 3 is 2.45 bits per heavy atom. The Labute approximate surface area is 119 Å². The average molecular weight is 297 g/mol. The number of anilines is 1. The van der Waals surface area contributed by atoms with Crippen LogP contribution < -0.4 is 10.6 Å². The van der Waals surface area contributed by atoms with Gasteiger partial charge >= 0.3 is 0 Å². The van der Waals surface area contributed by atoms with Gasteiger partial charge in [0.25, 0.3) is 0 Å². The van der Waals surface area contributed by atoms with Gasteiger partial charge in [0.2, 0.25) is 15.9 Å². The van der Waals surface area contributed by atoms with Gasteiger partial charge in [-0.1, -0.05) is 0 Å². The minimum atomic E-state index is -3.43. The third-order valence-electron chi connectivity index (χ3n) is 3.28. The van der Waals surface area contributed by atoms with E-state index in [2.05, 4.69) is 10.6 Å². The molecule has 0 radical (unpaired) electrons. The maximum atomic E-state index is 11.9. The van der Waals surface area contributed by atoms with Gasteiger partial charge in [-0.3, -0.25) is 4.79 Å². The second-order valence-electron chi connectivity index (χ2n) is 4.95. The van der Waals surface area contributed by atoms with Gasteiger partial charge in [-0.05, 0) is 43.7 Å². The third kappa shape index (κ3) is 3.17. The Morgan fingerprint density at radius 2 is 1.95 bits per heavy atom. The standard InChI is InChI=1S/C13H19N3O3S/c1-16(2)20(18,19)11-7-5-10(6-8-11)15-13(17)12-4-3-9-14-12/h5-8,12,14H,3-4,9H2,1-2H3,(H,15,17). The molecule has 1 fully saturated rings. The molecule has 110 valence electrons. The summed E-state index contributed by atoms with van der Waals surface area (Å²) in [7, 11) is -0.464. The highest BCUT2D eigenvalue weighted by Gasteiger charge is 2.22. The van der Waals surface area contributed by atoms with Crippen LogP contribution in [-0.2, 0) is 14.8 Å². The van der Waals surface area contributed by atoms with E-state index in [9.17, 15) is 13.2 Å². The fourth-order valence-electron chi connectivity index (χ4n) is 2.06. The highest BCUT2D eigenvalue weighted by molar-refractivity contribution is 7.89. The Hall–Kier alpha value is -1.44. The highest BCUT2D eigenvalue weighted by Crippen LogP contribution is 2.17. The molecule has 2 rings (SSSR count). The van der Waals surface area contributed by atoms with Gasteiger partial charge in [0, 0.05) is 19.8 Å². The minimum Gasteiger partial charge on any atom is -0.325 e. The maximum Gasteiger partial charge on any atom is 0.242 e. The van der Waals surface area contributed by atoms with Crippen LogP contribution >= 0.6 is 0 Å². The van der Waals surface area contributed by atoms with Gasteiger partial charge in [-0.25, -0.2) is 12.7 Å². The zero-order valence-electron chi connectivity index (χ0n) is 11.6. The molecular formula is C13H19N3O3S. The molecule has 0 bridgehead atoms. The number of sulfonamides is 1. The van der Waals surface area contributed by atoms with Crippen molar-refractivity contribution < 1.29 is 13.2 Å². The first-order chi connectivity index (χ1) is 9.41. The number of nitrogens with one attached hydrogen (secondary N) is 2. The monoisotopic (exact) mass is 297 g/mol. The van der Waals surface area contributed by atoms with Crippen molar-refractivity contribution in [1.82, 2.24) is 9.62 Å². The first kappa shape index (κ1) is 15.0. The van der Waals surface area contributed by atoms with E-state index in [0.29, 0.717) is 5.69 Å². The van der Waals surface area contributed by atoms with Crippen molar-refractivity contribution in [2.24, 2.45) is 0 Å². The number of hydrogen-bond donors (Lipinski definition) is 2. The Bertz CT molecular complexity index is 575. The fourth-order valence-corrected chi connectivity index (χ4v) is 2.96. The number of amides is 1. The van der Waals surface area contributed by atoms with Crippen LogP contribution in [-0.4, -0.2) is 45.3 Å². The summed E-state index contributed by atoms with van der Waals surface area (Å²) in [4.78, 5) is 12.1. The van der Waals surface area contributed by atoms with Crippen LogP contribution in [0.4, 0.5) is 5.69 Å². The Kier molecular flexibility index (Phi) is 4.42. The number of nitrogens with zero attached hydrogens (tertiary/aromatic N) is 1. The van der Waals surface area contributed by atoms with E-state index in [1.807, 2.05) is 0 Å². The molecule has 1 amide bonds. The van der Waals surface area contributed by atoms with E-state index in [0.717, 1.165) is 23.7 Å². The van der Waals surface area contributed by atoms with E-state index in [4.69, 9.17) is 0 Å². The third-order valence-corrected chi connectivity index (χ3v) is 5.11. The average Bonchev–Trinajstić information content (AvgIpc) is 2.93. The van der Waals surface area contributed by atoms with Gasteiger partial charge in [-0.2, -0.15) is 0 Å². The molecule has 1 aromatic carbocycles. The molecule has 0 aliphatic carbocycles. The molecule has 1 heterocycles. The molecule has 0 spiro atoms. The number of carbonyl (C=O) groups excluding carboxylic acids is 1. The second-order valence-corrected chi connectivity index (χ2v) is 7.10. The van der Waals surface area contributed by atoms with Gasteiger partial charge in [0.1, 0.15) is 0 Å². The van der Waals surface area contributed by atoms with Crippen molar-refractivity contribution in [3.05, 3.63) is 24.3 Å². The maximum absolute atomic E-state index is 11.9. The summed E-state index contributed by atoms with van der Waals surface area (Å²) >= 11 is 0. The molecular weight excluding hydrogens is 278 g/mol. The second kappa shape index (κ2) is 5.90. The number of rotatable bonds is 4. The van der Waals surface area contributed by atoms with Crippen molar-refractivity contribution in [2.75, 3.05) is 26.0 Å². The van der Waals surface area contributed by atoms with Crippen LogP contribution in [0.5, 0.6) is 0 Å². The molecule has 6 nitrogen and oxygen atoms in total. The normalized spacial score (nSPS) is 19.2.